The monoisotopic (exact) mass is 577 g/mol. The molecule has 4 aromatic rings. The van der Waals surface area contributed by atoms with Gasteiger partial charge in [-0.1, -0.05) is 30.3 Å². The highest BCUT2D eigenvalue weighted by molar-refractivity contribution is 5.97. The Kier molecular flexibility index (Phi) is 7.52. The van der Waals surface area contributed by atoms with Crippen molar-refractivity contribution in [3.63, 3.8) is 0 Å². The molecule has 1 unspecified atom stereocenters. The number of pyridine rings is 1. The van der Waals surface area contributed by atoms with Crippen LogP contribution in [0.3, 0.4) is 0 Å². The molecule has 43 heavy (non-hydrogen) atoms. The number of hydrogen-bond acceptors (Lipinski definition) is 5. The van der Waals surface area contributed by atoms with Crippen LogP contribution in [0.4, 0.5) is 20.2 Å². The molecule has 2 heterocycles. The summed E-state index contributed by atoms with van der Waals surface area (Å²) in [7, 11) is 1.60. The summed E-state index contributed by atoms with van der Waals surface area (Å²) < 4.78 is 29.3. The summed E-state index contributed by atoms with van der Waals surface area (Å²) in [6.07, 6.45) is 2.41. The maximum atomic E-state index is 14.0. The van der Waals surface area contributed by atoms with Crippen LogP contribution in [0.1, 0.15) is 42.0 Å². The summed E-state index contributed by atoms with van der Waals surface area (Å²) in [6.45, 7) is 8.50. The predicted molar refractivity (Wildman–Crippen MR) is 160 cm³/mol. The zero-order valence-corrected chi connectivity index (χ0v) is 23.6. The number of nitrogens with zero attached hydrogens (tertiary/aromatic N) is 5. The van der Waals surface area contributed by atoms with Crippen LogP contribution in [0.5, 0.6) is 0 Å². The summed E-state index contributed by atoms with van der Waals surface area (Å²) in [4.78, 5) is 34.9. The topological polar surface area (TPSA) is 73.7 Å². The number of anilines is 1. The van der Waals surface area contributed by atoms with E-state index in [1.165, 1.54) is 28.8 Å². The van der Waals surface area contributed by atoms with Crippen LogP contribution in [0.15, 0.2) is 71.5 Å². The molecule has 1 aliphatic carbocycles. The minimum absolute atomic E-state index is 0.0346. The number of aromatic nitrogens is 1. The van der Waals surface area contributed by atoms with E-state index < -0.39 is 17.6 Å². The van der Waals surface area contributed by atoms with E-state index in [-0.39, 0.29) is 29.5 Å². The molecule has 216 valence electrons. The van der Waals surface area contributed by atoms with Gasteiger partial charge in [-0.15, -0.1) is 0 Å². The van der Waals surface area contributed by atoms with Crippen molar-refractivity contribution in [1.82, 2.24) is 9.47 Å². The number of carbonyl (C=O) groups excluding carboxylic acids is 1. The van der Waals surface area contributed by atoms with Gasteiger partial charge >= 0.3 is 0 Å². The second-order valence-corrected chi connectivity index (χ2v) is 11.3. The first-order chi connectivity index (χ1) is 20.8. The number of fused-ring (bicyclic) bond motifs is 1. The predicted octanol–water partition coefficient (Wildman–Crippen LogP) is 5.89. The largest absolute Gasteiger partial charge is 0.366 e. The van der Waals surface area contributed by atoms with E-state index in [2.05, 4.69) is 15.8 Å². The summed E-state index contributed by atoms with van der Waals surface area (Å²) in [5.74, 6) is -0.378. The lowest BCUT2D eigenvalue weighted by Gasteiger charge is -2.46. The van der Waals surface area contributed by atoms with Crippen molar-refractivity contribution in [3.05, 3.63) is 117 Å². The summed E-state index contributed by atoms with van der Waals surface area (Å²) >= 11 is 0. The fourth-order valence-corrected chi connectivity index (χ4v) is 6.22. The van der Waals surface area contributed by atoms with Gasteiger partial charge < -0.3 is 9.47 Å². The number of hydrogen-bond donors (Lipinski definition) is 0. The van der Waals surface area contributed by atoms with Crippen molar-refractivity contribution in [2.45, 2.75) is 31.3 Å². The minimum atomic E-state index is -0.621. The molecule has 1 aromatic heterocycles. The van der Waals surface area contributed by atoms with Crippen LogP contribution in [0, 0.1) is 35.5 Å². The lowest BCUT2D eigenvalue weighted by atomic mass is 9.92. The summed E-state index contributed by atoms with van der Waals surface area (Å²) in [5, 5.41) is 10.7. The lowest BCUT2D eigenvalue weighted by Crippen LogP contribution is -2.58. The van der Waals surface area contributed by atoms with Gasteiger partial charge in [0.05, 0.1) is 29.9 Å². The maximum Gasteiger partial charge on any atom is 0.270 e. The Hall–Kier alpha value is -4.86. The van der Waals surface area contributed by atoms with E-state index in [0.29, 0.717) is 47.7 Å². The summed E-state index contributed by atoms with van der Waals surface area (Å²) in [6, 6.07) is 18.3. The van der Waals surface area contributed by atoms with Gasteiger partial charge in [0.15, 0.2) is 11.5 Å². The van der Waals surface area contributed by atoms with Crippen molar-refractivity contribution in [2.24, 2.45) is 13.0 Å². The molecule has 1 saturated heterocycles. The molecule has 9 heteroatoms. The van der Waals surface area contributed by atoms with Crippen LogP contribution in [0.25, 0.3) is 15.7 Å². The molecule has 0 N–H and O–H groups in total. The molecule has 0 radical (unpaired) electrons. The van der Waals surface area contributed by atoms with Crippen molar-refractivity contribution in [2.75, 3.05) is 24.5 Å². The number of nitriles is 1. The van der Waals surface area contributed by atoms with Gasteiger partial charge in [0.25, 0.3) is 5.56 Å². The first kappa shape index (κ1) is 28.3. The van der Waals surface area contributed by atoms with Crippen LogP contribution in [-0.4, -0.2) is 40.9 Å². The molecule has 1 aliphatic heterocycles. The number of Topliss-reactive ketones (excluding diaryl/α,β-unsaturated/α-hetero) is 1. The Labute approximate surface area is 248 Å². The Morgan fingerprint density at radius 2 is 1.65 bits per heavy atom. The van der Waals surface area contributed by atoms with Crippen LogP contribution in [-0.2, 0) is 11.8 Å². The number of carbonyl (C=O) groups is 1. The first-order valence-electron chi connectivity index (χ1n) is 14.3. The Bertz CT molecular complexity index is 1800. The Morgan fingerprint density at radius 1 is 1.02 bits per heavy atom. The number of ketones is 1. The zero-order chi connectivity index (χ0) is 30.2. The van der Waals surface area contributed by atoms with Crippen molar-refractivity contribution < 1.29 is 13.6 Å². The molecule has 0 spiro atoms. The van der Waals surface area contributed by atoms with Crippen LogP contribution < -0.4 is 10.5 Å². The van der Waals surface area contributed by atoms with E-state index in [0.717, 1.165) is 24.0 Å². The van der Waals surface area contributed by atoms with Crippen molar-refractivity contribution in [1.29, 1.82) is 5.26 Å². The van der Waals surface area contributed by atoms with Gasteiger partial charge in [-0.2, -0.15) is 5.26 Å². The average Bonchev–Trinajstić information content (AvgIpc) is 3.84. The number of aryl methyl sites for hydroxylation is 1. The van der Waals surface area contributed by atoms with Gasteiger partial charge in [-0.05, 0) is 66.3 Å². The lowest BCUT2D eigenvalue weighted by molar-refractivity contribution is -0.125. The molecule has 0 bridgehead atoms. The molecular weight excluding hydrogens is 548 g/mol. The number of rotatable bonds is 7. The molecule has 1 saturated carbocycles. The van der Waals surface area contributed by atoms with Gasteiger partial charge in [0, 0.05) is 38.5 Å². The number of piperazine rings is 1. The normalized spacial score (nSPS) is 17.2. The van der Waals surface area contributed by atoms with Gasteiger partial charge in [-0.25, -0.2) is 13.6 Å². The van der Waals surface area contributed by atoms with Gasteiger partial charge in [-0.3, -0.25) is 14.5 Å². The molecule has 3 aromatic carbocycles. The van der Waals surface area contributed by atoms with E-state index in [1.807, 2.05) is 4.90 Å². The van der Waals surface area contributed by atoms with E-state index in [1.54, 1.807) is 49.5 Å². The first-order valence-corrected chi connectivity index (χ1v) is 14.3. The standard InChI is InChI=1S/C34H29F2N5O2/c1-38-26-13-14-29-27(18-26)33(28(19-37)34(43)39(29)2)40-15-16-41(30(20-40)31(42)17-21-3-4-21)32(22-5-9-24(35)10-6-22)23-7-11-25(36)12-8-23/h5-14,18,21,30,32H,3-4,15-17,20H2,2H3. The molecule has 0 amide bonds. The van der Waals surface area contributed by atoms with Gasteiger partial charge in [0.1, 0.15) is 23.3 Å². The third-order valence-corrected chi connectivity index (χ3v) is 8.59. The molecule has 2 fully saturated rings. The highest BCUT2D eigenvalue weighted by atomic mass is 19.1. The molecule has 6 rings (SSSR count). The zero-order valence-electron chi connectivity index (χ0n) is 23.6. The highest BCUT2D eigenvalue weighted by Crippen LogP contribution is 2.39. The Balaban J connectivity index is 1.48. The highest BCUT2D eigenvalue weighted by Gasteiger charge is 2.40. The molecular formula is C34H29F2N5O2. The smallest absolute Gasteiger partial charge is 0.270 e. The second kappa shape index (κ2) is 11.4. The SMILES string of the molecule is [C-]#[N+]c1ccc2c(c1)c(N1CCN(C(c3ccc(F)cc3)c3ccc(F)cc3)C(C(=O)CC3CC3)C1)c(C#N)c(=O)n2C. The molecule has 2 aliphatic rings. The summed E-state index contributed by atoms with van der Waals surface area (Å²) in [5.41, 5.74) is 2.45. The minimum Gasteiger partial charge on any atom is -0.366 e. The maximum absolute atomic E-state index is 14.0. The fraction of sp³-hybridized carbons (Fsp3) is 0.294. The van der Waals surface area contributed by atoms with E-state index >= 15 is 0 Å². The van der Waals surface area contributed by atoms with Crippen molar-refractivity contribution in [3.8, 4) is 6.07 Å². The quantitative estimate of drug-likeness (QED) is 0.256. The second-order valence-electron chi connectivity index (χ2n) is 11.3. The third kappa shape index (κ3) is 5.40. The average molecular weight is 578 g/mol. The van der Waals surface area contributed by atoms with Crippen LogP contribution in [0.2, 0.25) is 0 Å². The molecule has 1 atom stereocenters. The Morgan fingerprint density at radius 3 is 2.21 bits per heavy atom. The number of benzene rings is 3. The van der Waals surface area contributed by atoms with E-state index in [9.17, 15) is 23.6 Å². The number of halogens is 2. The fourth-order valence-electron chi connectivity index (χ4n) is 6.22. The van der Waals surface area contributed by atoms with Crippen molar-refractivity contribution >= 4 is 28.1 Å². The third-order valence-electron chi connectivity index (χ3n) is 8.59. The van der Waals surface area contributed by atoms with E-state index in [4.69, 9.17) is 6.57 Å². The van der Waals surface area contributed by atoms with Crippen LogP contribution >= 0.6 is 0 Å². The molecule has 7 nitrogen and oxygen atoms in total. The van der Waals surface area contributed by atoms with Gasteiger partial charge in [0.2, 0.25) is 0 Å².